The number of halogens is 1. The molecule has 0 spiro atoms. The van der Waals surface area contributed by atoms with Crippen LogP contribution >= 0.6 is 15.9 Å². The second kappa shape index (κ2) is 6.91. The molecule has 0 aromatic heterocycles. The van der Waals surface area contributed by atoms with Crippen LogP contribution in [0.25, 0.3) is 0 Å². The molecule has 0 unspecified atom stereocenters. The minimum absolute atomic E-state index is 0.141. The number of nitrogens with one attached hydrogen (secondary N) is 2. The monoisotopic (exact) mass is 325 g/mol. The highest BCUT2D eigenvalue weighted by atomic mass is 79.9. The minimum Gasteiger partial charge on any atom is -0.368 e. The second-order valence-electron chi connectivity index (χ2n) is 4.65. The lowest BCUT2D eigenvalue weighted by molar-refractivity contribution is -0.120. The van der Waals surface area contributed by atoms with Crippen molar-refractivity contribution in [3.63, 3.8) is 0 Å². The van der Waals surface area contributed by atoms with E-state index in [2.05, 4.69) is 56.6 Å². The third-order valence-electron chi connectivity index (χ3n) is 3.24. The predicted molar refractivity (Wildman–Crippen MR) is 81.4 cm³/mol. The van der Waals surface area contributed by atoms with Gasteiger partial charge < -0.3 is 15.5 Å². The third kappa shape index (κ3) is 3.94. The summed E-state index contributed by atoms with van der Waals surface area (Å²) in [6, 6.07) is 6.42. The predicted octanol–water partition coefficient (Wildman–Crippen LogP) is 1.88. The molecule has 1 heterocycles. The maximum atomic E-state index is 11.4. The van der Waals surface area contributed by atoms with Gasteiger partial charge in [-0.05, 0) is 40.2 Å². The van der Waals surface area contributed by atoms with Gasteiger partial charge in [-0.15, -0.1) is 0 Å². The molecular formula is C14H20BrN3O. The first-order valence-electron chi connectivity index (χ1n) is 6.71. The molecule has 19 heavy (non-hydrogen) atoms. The highest BCUT2D eigenvalue weighted by Gasteiger charge is 2.15. The van der Waals surface area contributed by atoms with Gasteiger partial charge in [0.2, 0.25) is 5.91 Å². The van der Waals surface area contributed by atoms with E-state index in [0.717, 1.165) is 36.3 Å². The number of hydrogen-bond donors (Lipinski definition) is 2. The molecule has 1 aromatic carbocycles. The van der Waals surface area contributed by atoms with E-state index in [1.165, 1.54) is 5.56 Å². The van der Waals surface area contributed by atoms with Crippen molar-refractivity contribution >= 4 is 27.5 Å². The Labute approximate surface area is 122 Å². The molecular weight excluding hydrogens is 306 g/mol. The number of hydrogen-bond acceptors (Lipinski definition) is 3. The largest absolute Gasteiger partial charge is 0.368 e. The van der Waals surface area contributed by atoms with Crippen molar-refractivity contribution in [1.82, 2.24) is 10.6 Å². The van der Waals surface area contributed by atoms with E-state index in [4.69, 9.17) is 0 Å². The van der Waals surface area contributed by atoms with Crippen LogP contribution in [0.1, 0.15) is 18.9 Å². The topological polar surface area (TPSA) is 44.4 Å². The van der Waals surface area contributed by atoms with E-state index in [1.54, 1.807) is 0 Å². The Bertz CT molecular complexity index is 450. The Kier molecular flexibility index (Phi) is 5.22. The first-order valence-corrected chi connectivity index (χ1v) is 7.51. The normalized spacial score (nSPS) is 16.1. The van der Waals surface area contributed by atoms with Gasteiger partial charge in [0.1, 0.15) is 0 Å². The van der Waals surface area contributed by atoms with Crippen LogP contribution in [0.15, 0.2) is 22.7 Å². The van der Waals surface area contributed by atoms with Crippen molar-refractivity contribution in [2.24, 2.45) is 0 Å². The van der Waals surface area contributed by atoms with Crippen LogP contribution in [0.4, 0.5) is 5.69 Å². The van der Waals surface area contributed by atoms with Crippen molar-refractivity contribution in [3.05, 3.63) is 28.2 Å². The summed E-state index contributed by atoms with van der Waals surface area (Å²) in [5.74, 6) is 0.141. The molecule has 5 heteroatoms. The van der Waals surface area contributed by atoms with Gasteiger partial charge in [-0.25, -0.2) is 0 Å². The Morgan fingerprint density at radius 2 is 2.26 bits per heavy atom. The lowest BCUT2D eigenvalue weighted by atomic mass is 10.2. The zero-order chi connectivity index (χ0) is 13.7. The molecule has 0 saturated carbocycles. The van der Waals surface area contributed by atoms with E-state index >= 15 is 0 Å². The van der Waals surface area contributed by atoms with Crippen LogP contribution in [0.5, 0.6) is 0 Å². The standard InChI is InChI=1S/C14H20BrN3O/c1-2-16-10-11-3-4-13(12(15)9-11)18-7-5-14(19)17-6-8-18/h3-4,9,16H,2,5-8,10H2,1H3,(H,17,19). The summed E-state index contributed by atoms with van der Waals surface area (Å²) < 4.78 is 1.09. The maximum absolute atomic E-state index is 11.4. The van der Waals surface area contributed by atoms with Crippen molar-refractivity contribution in [2.45, 2.75) is 19.9 Å². The fourth-order valence-corrected chi connectivity index (χ4v) is 2.87. The zero-order valence-corrected chi connectivity index (χ0v) is 12.8. The van der Waals surface area contributed by atoms with E-state index < -0.39 is 0 Å². The van der Waals surface area contributed by atoms with Crippen molar-refractivity contribution < 1.29 is 4.79 Å². The molecule has 1 amide bonds. The molecule has 1 aliphatic heterocycles. The van der Waals surface area contributed by atoms with Gasteiger partial charge in [0.25, 0.3) is 0 Å². The first-order chi connectivity index (χ1) is 9.20. The summed E-state index contributed by atoms with van der Waals surface area (Å²) in [6.07, 6.45) is 0.561. The number of carbonyl (C=O) groups is 1. The van der Waals surface area contributed by atoms with Crippen LogP contribution in [-0.2, 0) is 11.3 Å². The highest BCUT2D eigenvalue weighted by molar-refractivity contribution is 9.10. The van der Waals surface area contributed by atoms with Gasteiger partial charge in [0, 0.05) is 37.1 Å². The molecule has 1 saturated heterocycles. The van der Waals surface area contributed by atoms with Crippen molar-refractivity contribution in [3.8, 4) is 0 Å². The molecule has 0 aliphatic carbocycles. The average molecular weight is 326 g/mol. The van der Waals surface area contributed by atoms with Gasteiger partial charge >= 0.3 is 0 Å². The molecule has 1 aromatic rings. The fourth-order valence-electron chi connectivity index (χ4n) is 2.19. The summed E-state index contributed by atoms with van der Waals surface area (Å²) in [4.78, 5) is 13.6. The molecule has 2 rings (SSSR count). The third-order valence-corrected chi connectivity index (χ3v) is 3.88. The molecule has 2 N–H and O–H groups in total. The van der Waals surface area contributed by atoms with Crippen LogP contribution in [0.3, 0.4) is 0 Å². The fraction of sp³-hybridized carbons (Fsp3) is 0.500. The average Bonchev–Trinajstić information content (AvgIpc) is 2.61. The first kappa shape index (κ1) is 14.3. The number of benzene rings is 1. The Morgan fingerprint density at radius 3 is 3.00 bits per heavy atom. The van der Waals surface area contributed by atoms with Crippen molar-refractivity contribution in [1.29, 1.82) is 0 Å². The summed E-state index contributed by atoms with van der Waals surface area (Å²) in [6.45, 7) is 6.30. The van der Waals surface area contributed by atoms with Gasteiger partial charge in [0.05, 0.1) is 5.69 Å². The summed E-state index contributed by atoms with van der Waals surface area (Å²) in [5.41, 5.74) is 2.43. The molecule has 0 radical (unpaired) electrons. The van der Waals surface area contributed by atoms with E-state index in [9.17, 15) is 4.79 Å². The quantitative estimate of drug-likeness (QED) is 0.888. The Morgan fingerprint density at radius 1 is 1.42 bits per heavy atom. The second-order valence-corrected chi connectivity index (χ2v) is 5.51. The SMILES string of the molecule is CCNCc1ccc(N2CCNC(=O)CC2)c(Br)c1. The van der Waals surface area contributed by atoms with Crippen LogP contribution < -0.4 is 15.5 Å². The molecule has 0 bridgehead atoms. The summed E-state index contributed by atoms with van der Waals surface area (Å²) in [7, 11) is 0. The molecule has 104 valence electrons. The van der Waals surface area contributed by atoms with E-state index in [1.807, 2.05) is 0 Å². The molecule has 4 nitrogen and oxygen atoms in total. The number of amides is 1. The zero-order valence-electron chi connectivity index (χ0n) is 11.2. The van der Waals surface area contributed by atoms with Crippen LogP contribution in [0, 0.1) is 0 Å². The lowest BCUT2D eigenvalue weighted by Crippen LogP contribution is -2.28. The van der Waals surface area contributed by atoms with Crippen LogP contribution in [-0.4, -0.2) is 32.1 Å². The minimum atomic E-state index is 0.141. The smallest absolute Gasteiger partial charge is 0.221 e. The Hall–Kier alpha value is -1.07. The van der Waals surface area contributed by atoms with Gasteiger partial charge in [-0.1, -0.05) is 13.0 Å². The number of nitrogens with zero attached hydrogens (tertiary/aromatic N) is 1. The van der Waals surface area contributed by atoms with Gasteiger partial charge in [0.15, 0.2) is 0 Å². The summed E-state index contributed by atoms with van der Waals surface area (Å²) >= 11 is 3.64. The number of rotatable bonds is 4. The number of anilines is 1. The Balaban J connectivity index is 2.09. The van der Waals surface area contributed by atoms with E-state index in [-0.39, 0.29) is 5.91 Å². The van der Waals surface area contributed by atoms with Crippen molar-refractivity contribution in [2.75, 3.05) is 31.1 Å². The number of carbonyl (C=O) groups excluding carboxylic acids is 1. The lowest BCUT2D eigenvalue weighted by Gasteiger charge is -2.23. The molecule has 1 fully saturated rings. The van der Waals surface area contributed by atoms with E-state index in [0.29, 0.717) is 13.0 Å². The highest BCUT2D eigenvalue weighted by Crippen LogP contribution is 2.27. The van der Waals surface area contributed by atoms with Crippen LogP contribution in [0.2, 0.25) is 0 Å². The van der Waals surface area contributed by atoms with Gasteiger partial charge in [-0.3, -0.25) is 4.79 Å². The maximum Gasteiger partial charge on any atom is 0.221 e. The van der Waals surface area contributed by atoms with Gasteiger partial charge in [-0.2, -0.15) is 0 Å². The molecule has 0 atom stereocenters. The molecule has 1 aliphatic rings. The summed E-state index contributed by atoms with van der Waals surface area (Å²) in [5, 5.41) is 6.21.